The highest BCUT2D eigenvalue weighted by Crippen LogP contribution is 2.17. The summed E-state index contributed by atoms with van der Waals surface area (Å²) in [6.45, 7) is 0.944. The second kappa shape index (κ2) is 9.47. The van der Waals surface area contributed by atoms with Crippen LogP contribution >= 0.6 is 0 Å². The third-order valence-corrected chi connectivity index (χ3v) is 6.53. The van der Waals surface area contributed by atoms with Gasteiger partial charge in [0.05, 0.1) is 11.4 Å². The molecule has 0 aliphatic heterocycles. The van der Waals surface area contributed by atoms with Crippen molar-refractivity contribution in [2.24, 2.45) is 0 Å². The van der Waals surface area contributed by atoms with E-state index in [4.69, 9.17) is 0 Å². The molecule has 2 aromatic heterocycles. The summed E-state index contributed by atoms with van der Waals surface area (Å²) in [5.74, 6) is -1.96. The molecule has 0 spiro atoms. The fourth-order valence-corrected chi connectivity index (χ4v) is 4.47. The van der Waals surface area contributed by atoms with Crippen LogP contribution in [0.1, 0.15) is 22.8 Å². The first-order valence-corrected chi connectivity index (χ1v) is 11.8. The van der Waals surface area contributed by atoms with Gasteiger partial charge in [0.25, 0.3) is 21.5 Å². The van der Waals surface area contributed by atoms with Gasteiger partial charge in [0.1, 0.15) is 17.0 Å². The molecule has 0 saturated carbocycles. The van der Waals surface area contributed by atoms with E-state index in [1.54, 1.807) is 24.3 Å². The van der Waals surface area contributed by atoms with E-state index in [2.05, 4.69) is 10.3 Å². The van der Waals surface area contributed by atoms with E-state index < -0.39 is 33.2 Å². The third-order valence-electron chi connectivity index (χ3n) is 5.08. The summed E-state index contributed by atoms with van der Waals surface area (Å²) in [6, 6.07) is 15.8. The lowest BCUT2D eigenvalue weighted by molar-refractivity contribution is -0.117. The minimum absolute atomic E-state index is 0.129. The summed E-state index contributed by atoms with van der Waals surface area (Å²) in [5.41, 5.74) is -0.0818. The van der Waals surface area contributed by atoms with Gasteiger partial charge in [-0.15, -0.1) is 0 Å². The number of carbonyl (C=O) groups is 2. The molecule has 0 atom stereocenters. The first kappa shape index (κ1) is 23.8. The fourth-order valence-electron chi connectivity index (χ4n) is 3.48. The quantitative estimate of drug-likeness (QED) is 0.424. The number of nitrogens with zero attached hydrogens (tertiary/aromatic N) is 2. The van der Waals surface area contributed by atoms with Gasteiger partial charge >= 0.3 is 0 Å². The van der Waals surface area contributed by atoms with Crippen LogP contribution in [0.15, 0.2) is 82.6 Å². The molecule has 4 rings (SSSR count). The van der Waals surface area contributed by atoms with Crippen LogP contribution < -0.4 is 15.6 Å². The molecule has 0 aliphatic rings. The van der Waals surface area contributed by atoms with Gasteiger partial charge in [-0.3, -0.25) is 19.0 Å². The number of amides is 2. The fraction of sp³-hybridized carbons (Fsp3) is 0.0833. The highest BCUT2D eigenvalue weighted by molar-refractivity contribution is 7.90. The molecule has 0 saturated heterocycles. The van der Waals surface area contributed by atoms with E-state index in [9.17, 15) is 27.2 Å². The van der Waals surface area contributed by atoms with Crippen LogP contribution in [0.25, 0.3) is 11.0 Å². The summed E-state index contributed by atoms with van der Waals surface area (Å²) in [4.78, 5) is 41.4. The number of hydrogen-bond acceptors (Lipinski definition) is 6. The zero-order valence-corrected chi connectivity index (χ0v) is 19.2. The highest BCUT2D eigenvalue weighted by atomic mass is 32.2. The molecule has 2 heterocycles. The molecular weight excluding hydrogens is 475 g/mol. The first-order valence-electron chi connectivity index (χ1n) is 10.3. The Labute approximate surface area is 199 Å². The van der Waals surface area contributed by atoms with E-state index in [1.807, 2.05) is 4.72 Å². The van der Waals surface area contributed by atoms with E-state index >= 15 is 0 Å². The van der Waals surface area contributed by atoms with Crippen molar-refractivity contribution in [2.75, 3.05) is 5.32 Å². The molecule has 4 aromatic rings. The largest absolute Gasteiger partial charge is 0.322 e. The van der Waals surface area contributed by atoms with Gasteiger partial charge in [0, 0.05) is 29.8 Å². The minimum Gasteiger partial charge on any atom is -0.322 e. The summed E-state index contributed by atoms with van der Waals surface area (Å²) in [5, 5.41) is 3.06. The number of carbonyl (C=O) groups excluding carboxylic acids is 2. The number of nitrogens with one attached hydrogen (secondary N) is 2. The van der Waals surface area contributed by atoms with Crippen molar-refractivity contribution in [2.45, 2.75) is 18.4 Å². The Morgan fingerprint density at radius 2 is 1.74 bits per heavy atom. The molecule has 11 heteroatoms. The van der Waals surface area contributed by atoms with Crippen LogP contribution in [-0.4, -0.2) is 29.8 Å². The number of anilines is 1. The maximum absolute atomic E-state index is 14.3. The van der Waals surface area contributed by atoms with Crippen LogP contribution in [0.5, 0.6) is 0 Å². The van der Waals surface area contributed by atoms with Crippen LogP contribution in [0.4, 0.5) is 10.1 Å². The van der Waals surface area contributed by atoms with Crippen molar-refractivity contribution in [1.82, 2.24) is 14.3 Å². The van der Waals surface area contributed by atoms with E-state index in [1.165, 1.54) is 53.2 Å². The predicted octanol–water partition coefficient (Wildman–Crippen LogP) is 2.66. The number of benzene rings is 2. The summed E-state index contributed by atoms with van der Waals surface area (Å²) >= 11 is 0. The van der Waals surface area contributed by atoms with Crippen molar-refractivity contribution < 1.29 is 22.4 Å². The zero-order valence-electron chi connectivity index (χ0n) is 18.4. The Bertz CT molecular complexity index is 1620. The maximum atomic E-state index is 14.3. The molecule has 2 amide bonds. The van der Waals surface area contributed by atoms with Crippen molar-refractivity contribution in [3.8, 4) is 0 Å². The normalized spacial score (nSPS) is 11.3. The summed E-state index contributed by atoms with van der Waals surface area (Å²) < 4.78 is 41.5. The number of halogens is 1. The Morgan fingerprint density at radius 3 is 2.43 bits per heavy atom. The lowest BCUT2D eigenvalue weighted by Crippen LogP contribution is -2.30. The van der Waals surface area contributed by atoms with Crippen molar-refractivity contribution in [1.29, 1.82) is 0 Å². The summed E-state index contributed by atoms with van der Waals surface area (Å²) in [6.07, 6.45) is 1.50. The molecule has 35 heavy (non-hydrogen) atoms. The maximum Gasteiger partial charge on any atom is 0.265 e. The van der Waals surface area contributed by atoms with Crippen molar-refractivity contribution >= 4 is 38.6 Å². The lowest BCUT2D eigenvalue weighted by atomic mass is 10.1. The number of hydrogen-bond donors (Lipinski definition) is 2. The smallest absolute Gasteiger partial charge is 0.265 e. The second-order valence-electron chi connectivity index (χ2n) is 7.60. The average Bonchev–Trinajstić information content (AvgIpc) is 2.81. The van der Waals surface area contributed by atoms with Gasteiger partial charge in [-0.05, 0) is 48.5 Å². The molecule has 0 radical (unpaired) electrons. The van der Waals surface area contributed by atoms with E-state index in [0.717, 1.165) is 6.92 Å². The van der Waals surface area contributed by atoms with Gasteiger partial charge in [-0.1, -0.05) is 18.2 Å². The topological polar surface area (TPSA) is 127 Å². The molecule has 0 bridgehead atoms. The highest BCUT2D eigenvalue weighted by Gasteiger charge is 2.19. The molecule has 2 aromatic carbocycles. The number of rotatable bonds is 6. The Hall–Kier alpha value is -4.38. The van der Waals surface area contributed by atoms with Gasteiger partial charge in [-0.25, -0.2) is 22.5 Å². The molecule has 178 valence electrons. The molecule has 0 aliphatic carbocycles. The van der Waals surface area contributed by atoms with Crippen LogP contribution in [0, 0.1) is 5.82 Å². The van der Waals surface area contributed by atoms with Crippen molar-refractivity contribution in [3.63, 3.8) is 0 Å². The van der Waals surface area contributed by atoms with Crippen LogP contribution in [0.2, 0.25) is 0 Å². The van der Waals surface area contributed by atoms with Gasteiger partial charge in [-0.2, -0.15) is 0 Å². The second-order valence-corrected chi connectivity index (χ2v) is 9.28. The molecule has 9 nitrogen and oxygen atoms in total. The minimum atomic E-state index is -4.03. The third kappa shape index (κ3) is 5.09. The van der Waals surface area contributed by atoms with Crippen molar-refractivity contribution in [3.05, 3.63) is 100 Å². The lowest BCUT2D eigenvalue weighted by Gasteiger charge is -2.13. The molecular formula is C24H19FN4O5S. The number of sulfonamides is 1. The average molecular weight is 495 g/mol. The Kier molecular flexibility index (Phi) is 6.43. The summed E-state index contributed by atoms with van der Waals surface area (Å²) in [7, 11) is -4.03. The van der Waals surface area contributed by atoms with E-state index in [0.29, 0.717) is 11.0 Å². The van der Waals surface area contributed by atoms with Crippen LogP contribution in [0.3, 0.4) is 0 Å². The monoisotopic (exact) mass is 494 g/mol. The zero-order chi connectivity index (χ0) is 25.2. The Morgan fingerprint density at radius 1 is 1.03 bits per heavy atom. The molecule has 0 unspecified atom stereocenters. The predicted molar refractivity (Wildman–Crippen MR) is 127 cm³/mol. The SMILES string of the molecule is CC(=O)NS(=O)(=O)c1ccc(NC(=O)c2cc3cccnc3n(Cc3ccccc3F)c2=O)cc1. The number of aromatic nitrogens is 2. The van der Waals surface area contributed by atoms with Gasteiger partial charge < -0.3 is 5.32 Å². The molecule has 0 fully saturated rings. The molecule has 2 N–H and O–H groups in total. The van der Waals surface area contributed by atoms with Gasteiger partial charge in [0.15, 0.2) is 0 Å². The Balaban J connectivity index is 1.68. The number of fused-ring (bicyclic) bond motifs is 1. The first-order chi connectivity index (χ1) is 16.7. The van der Waals surface area contributed by atoms with Crippen LogP contribution in [-0.2, 0) is 21.4 Å². The number of pyridine rings is 2. The standard InChI is InChI=1S/C24H19FN4O5S/c1-15(30)28-35(33,34)19-10-8-18(9-11-19)27-23(31)20-13-16-6-4-12-26-22(16)29(24(20)32)14-17-5-2-3-7-21(17)25/h2-13H,14H2,1H3,(H,27,31)(H,28,30). The van der Waals surface area contributed by atoms with E-state index in [-0.39, 0.29) is 28.3 Å². The van der Waals surface area contributed by atoms with Gasteiger partial charge in [0.2, 0.25) is 5.91 Å².